The molecule has 0 amide bonds. The van der Waals surface area contributed by atoms with Crippen LogP contribution in [0.15, 0.2) is 29.2 Å². The zero-order chi connectivity index (χ0) is 11.5. The molecular weight excluding hydrogens is 208 g/mol. The predicted octanol–water partition coefficient (Wildman–Crippen LogP) is 2.18. The van der Waals surface area contributed by atoms with Crippen molar-refractivity contribution in [3.05, 3.63) is 29.8 Å². The molecule has 1 atom stereocenters. The van der Waals surface area contributed by atoms with Gasteiger partial charge >= 0.3 is 0 Å². The normalized spacial score (nSPS) is 13.1. The Morgan fingerprint density at radius 3 is 2.27 bits per heavy atom. The quantitative estimate of drug-likeness (QED) is 0.735. The summed E-state index contributed by atoms with van der Waals surface area (Å²) in [7, 11) is -3.35. The van der Waals surface area contributed by atoms with Gasteiger partial charge in [0.05, 0.1) is 4.90 Å². The Hall–Kier alpha value is -1.27. The third-order valence-corrected chi connectivity index (χ3v) is 4.43. The number of aryl methyl sites for hydroxylation is 1. The van der Waals surface area contributed by atoms with Gasteiger partial charge in [0.1, 0.15) is 5.25 Å². The molecule has 0 aliphatic carbocycles. The van der Waals surface area contributed by atoms with E-state index in [1.54, 1.807) is 31.2 Å². The summed E-state index contributed by atoms with van der Waals surface area (Å²) >= 11 is 0. The van der Waals surface area contributed by atoms with Gasteiger partial charge in [-0.3, -0.25) is 0 Å². The zero-order valence-electron chi connectivity index (χ0n) is 8.90. The molecule has 3 heteroatoms. The number of hydrogen-bond acceptors (Lipinski definition) is 2. The third kappa shape index (κ3) is 2.40. The summed E-state index contributed by atoms with van der Waals surface area (Å²) in [5, 5.41) is -0.722. The minimum absolute atomic E-state index is 0.304. The highest BCUT2D eigenvalue weighted by molar-refractivity contribution is 7.92. The van der Waals surface area contributed by atoms with Gasteiger partial charge in [0, 0.05) is 0 Å². The second-order valence-electron chi connectivity index (χ2n) is 3.42. The number of sulfone groups is 1. The highest BCUT2D eigenvalue weighted by Crippen LogP contribution is 2.18. The van der Waals surface area contributed by atoms with Crippen molar-refractivity contribution in [1.82, 2.24) is 0 Å². The molecule has 1 unspecified atom stereocenters. The molecule has 1 rings (SSSR count). The Morgan fingerprint density at radius 2 is 1.87 bits per heavy atom. The van der Waals surface area contributed by atoms with Gasteiger partial charge < -0.3 is 0 Å². The molecule has 80 valence electrons. The molecule has 0 aliphatic rings. The second-order valence-corrected chi connectivity index (χ2v) is 5.55. The van der Waals surface area contributed by atoms with Gasteiger partial charge in [0.15, 0.2) is 9.84 Å². The summed E-state index contributed by atoms with van der Waals surface area (Å²) in [5.74, 6) is 2.32. The molecule has 0 radical (unpaired) electrons. The van der Waals surface area contributed by atoms with Crippen molar-refractivity contribution in [2.75, 3.05) is 0 Å². The number of rotatable bonds is 3. The van der Waals surface area contributed by atoms with Crippen LogP contribution in [0.1, 0.15) is 18.9 Å². The van der Waals surface area contributed by atoms with Crippen LogP contribution in [0, 0.1) is 19.3 Å². The lowest BCUT2D eigenvalue weighted by atomic mass is 10.2. The van der Waals surface area contributed by atoms with Gasteiger partial charge in [-0.05, 0) is 25.5 Å². The fraction of sp³-hybridized carbons (Fsp3) is 0.333. The maximum atomic E-state index is 12.0. The van der Waals surface area contributed by atoms with Crippen molar-refractivity contribution in [3.63, 3.8) is 0 Å². The van der Waals surface area contributed by atoms with E-state index in [1.807, 2.05) is 6.92 Å². The Morgan fingerprint density at radius 1 is 1.33 bits per heavy atom. The molecule has 0 heterocycles. The maximum Gasteiger partial charge on any atom is 0.192 e. The predicted molar refractivity (Wildman–Crippen MR) is 61.3 cm³/mol. The van der Waals surface area contributed by atoms with Gasteiger partial charge in [-0.1, -0.05) is 30.5 Å². The minimum Gasteiger partial charge on any atom is -0.222 e. The Labute approximate surface area is 91.2 Å². The van der Waals surface area contributed by atoms with Crippen LogP contribution in [-0.4, -0.2) is 13.7 Å². The maximum absolute atomic E-state index is 12.0. The first-order valence-electron chi connectivity index (χ1n) is 4.79. The van der Waals surface area contributed by atoms with Gasteiger partial charge in [-0.15, -0.1) is 6.42 Å². The van der Waals surface area contributed by atoms with E-state index in [2.05, 4.69) is 5.92 Å². The Balaban J connectivity index is 3.18. The summed E-state index contributed by atoms with van der Waals surface area (Å²) < 4.78 is 23.9. The zero-order valence-corrected chi connectivity index (χ0v) is 9.71. The number of terminal acetylenes is 1. The van der Waals surface area contributed by atoms with Crippen molar-refractivity contribution in [2.45, 2.75) is 30.4 Å². The van der Waals surface area contributed by atoms with Crippen molar-refractivity contribution in [3.8, 4) is 12.3 Å². The van der Waals surface area contributed by atoms with E-state index in [0.717, 1.165) is 5.56 Å². The molecule has 2 nitrogen and oxygen atoms in total. The number of benzene rings is 1. The van der Waals surface area contributed by atoms with Gasteiger partial charge in [-0.25, -0.2) is 8.42 Å². The molecule has 0 aromatic heterocycles. The molecule has 0 fully saturated rings. The van der Waals surface area contributed by atoms with E-state index in [4.69, 9.17) is 6.42 Å². The average molecular weight is 222 g/mol. The van der Waals surface area contributed by atoms with E-state index in [1.165, 1.54) is 0 Å². The lowest BCUT2D eigenvalue weighted by molar-refractivity contribution is 0.588. The van der Waals surface area contributed by atoms with E-state index >= 15 is 0 Å². The molecule has 0 saturated carbocycles. The topological polar surface area (TPSA) is 34.1 Å². The smallest absolute Gasteiger partial charge is 0.192 e. The van der Waals surface area contributed by atoms with Crippen LogP contribution in [0.2, 0.25) is 0 Å². The molecule has 0 bridgehead atoms. The lowest BCUT2D eigenvalue weighted by Gasteiger charge is -2.09. The molecule has 0 aliphatic heterocycles. The van der Waals surface area contributed by atoms with Crippen LogP contribution >= 0.6 is 0 Å². The molecule has 15 heavy (non-hydrogen) atoms. The van der Waals surface area contributed by atoms with Gasteiger partial charge in [0.25, 0.3) is 0 Å². The average Bonchev–Trinajstić information content (AvgIpc) is 2.19. The number of hydrogen-bond donors (Lipinski definition) is 0. The van der Waals surface area contributed by atoms with Crippen LogP contribution in [-0.2, 0) is 9.84 Å². The fourth-order valence-corrected chi connectivity index (χ4v) is 2.78. The van der Waals surface area contributed by atoms with E-state index < -0.39 is 15.1 Å². The van der Waals surface area contributed by atoms with E-state index in [9.17, 15) is 8.42 Å². The SMILES string of the molecule is C#CC(CC)S(=O)(=O)c1ccc(C)cc1. The van der Waals surface area contributed by atoms with Crippen LogP contribution in [0.4, 0.5) is 0 Å². The van der Waals surface area contributed by atoms with E-state index in [0.29, 0.717) is 11.3 Å². The Bertz CT molecular complexity index is 463. The van der Waals surface area contributed by atoms with Gasteiger partial charge in [0.2, 0.25) is 0 Å². The van der Waals surface area contributed by atoms with Gasteiger partial charge in [-0.2, -0.15) is 0 Å². The largest absolute Gasteiger partial charge is 0.222 e. The second kappa shape index (κ2) is 4.50. The van der Waals surface area contributed by atoms with Crippen LogP contribution < -0.4 is 0 Å². The molecule has 0 saturated heterocycles. The summed E-state index contributed by atoms with van der Waals surface area (Å²) in [6.07, 6.45) is 5.64. The molecule has 0 N–H and O–H groups in total. The van der Waals surface area contributed by atoms with Crippen LogP contribution in [0.3, 0.4) is 0 Å². The monoisotopic (exact) mass is 222 g/mol. The standard InChI is InChI=1S/C12H14O2S/c1-4-11(5-2)15(13,14)12-8-6-10(3)7-9-12/h1,6-9,11H,5H2,2-3H3. The lowest BCUT2D eigenvalue weighted by Crippen LogP contribution is -2.18. The molecular formula is C12H14O2S. The minimum atomic E-state index is -3.35. The highest BCUT2D eigenvalue weighted by atomic mass is 32.2. The molecule has 1 aromatic carbocycles. The van der Waals surface area contributed by atoms with Crippen molar-refractivity contribution >= 4 is 9.84 Å². The first-order chi connectivity index (χ1) is 7.02. The van der Waals surface area contributed by atoms with E-state index in [-0.39, 0.29) is 0 Å². The molecule has 1 aromatic rings. The van der Waals surface area contributed by atoms with Crippen LogP contribution in [0.25, 0.3) is 0 Å². The fourth-order valence-electron chi connectivity index (χ4n) is 1.32. The summed E-state index contributed by atoms with van der Waals surface area (Å²) in [6.45, 7) is 3.69. The summed E-state index contributed by atoms with van der Waals surface area (Å²) in [4.78, 5) is 0.304. The first-order valence-corrected chi connectivity index (χ1v) is 6.33. The third-order valence-electron chi connectivity index (χ3n) is 2.28. The van der Waals surface area contributed by atoms with Crippen molar-refractivity contribution < 1.29 is 8.42 Å². The molecule has 0 spiro atoms. The first kappa shape index (κ1) is 11.8. The van der Waals surface area contributed by atoms with Crippen LogP contribution in [0.5, 0.6) is 0 Å². The van der Waals surface area contributed by atoms with Crippen molar-refractivity contribution in [2.24, 2.45) is 0 Å². The Kier molecular flexibility index (Phi) is 3.54. The summed E-state index contributed by atoms with van der Waals surface area (Å²) in [5.41, 5.74) is 1.03. The highest BCUT2D eigenvalue weighted by Gasteiger charge is 2.23. The van der Waals surface area contributed by atoms with Crippen molar-refractivity contribution in [1.29, 1.82) is 0 Å². The summed E-state index contributed by atoms with van der Waals surface area (Å²) in [6, 6.07) is 6.75.